The van der Waals surface area contributed by atoms with E-state index < -0.39 is 0 Å². The monoisotopic (exact) mass is 688 g/mol. The fourth-order valence-corrected chi connectivity index (χ4v) is 8.88. The van der Waals surface area contributed by atoms with Gasteiger partial charge >= 0.3 is 23.9 Å². The Morgan fingerprint density at radius 2 is 1.21 bits per heavy atom. The average Bonchev–Trinajstić information content (AvgIpc) is 3.85. The summed E-state index contributed by atoms with van der Waals surface area (Å²) in [5.41, 5.74) is 2.42. The number of fused-ring (bicyclic) bond motifs is 6. The first kappa shape index (κ1) is 34.3. The van der Waals surface area contributed by atoms with Crippen molar-refractivity contribution < 1.29 is 47.6 Å². The van der Waals surface area contributed by atoms with Crippen LogP contribution in [-0.4, -0.2) is 89.3 Å². The second-order valence-electron chi connectivity index (χ2n) is 13.7. The van der Waals surface area contributed by atoms with Crippen LogP contribution in [0.1, 0.15) is 65.2 Å². The topological polar surface area (TPSA) is 130 Å². The molecular formula is C35H44O10S2. The van der Waals surface area contributed by atoms with E-state index >= 15 is 0 Å². The van der Waals surface area contributed by atoms with Gasteiger partial charge in [-0.3, -0.25) is 9.59 Å². The third-order valence-electron chi connectivity index (χ3n) is 10.3. The van der Waals surface area contributed by atoms with Crippen molar-refractivity contribution in [3.8, 4) is 0 Å². The highest BCUT2D eigenvalue weighted by Crippen LogP contribution is 2.51. The SMILES string of the molecule is C=C1C(=O)O[C@H]2[C@H]1CC/C(COC(=O)CSCSCC(=O)OC/C1=C/CC[C@@]3(C)O[C@H]3[C@H]3OC(=O)C(=C)[C@@H]3CC1)=C\CC[C@@]1(C)O[C@@H]21. The normalized spacial score (nSPS) is 38.5. The van der Waals surface area contributed by atoms with E-state index in [1.807, 2.05) is 13.8 Å². The number of rotatable bonds is 10. The van der Waals surface area contributed by atoms with Crippen LogP contribution in [0.5, 0.6) is 0 Å². The molecule has 0 aromatic heterocycles. The summed E-state index contributed by atoms with van der Waals surface area (Å²) < 4.78 is 34.2. The summed E-state index contributed by atoms with van der Waals surface area (Å²) in [5.74, 6) is -1.14. The summed E-state index contributed by atoms with van der Waals surface area (Å²) in [4.78, 5) is 49.3. The Morgan fingerprint density at radius 3 is 1.64 bits per heavy atom. The lowest BCUT2D eigenvalue weighted by molar-refractivity contribution is -0.140. The molecule has 10 nitrogen and oxygen atoms in total. The Labute approximate surface area is 284 Å². The molecule has 4 fully saturated rings. The predicted molar refractivity (Wildman–Crippen MR) is 176 cm³/mol. The minimum atomic E-state index is -0.346. The molecule has 0 amide bonds. The maximum atomic E-state index is 12.5. The van der Waals surface area contributed by atoms with Crippen LogP contribution < -0.4 is 0 Å². The lowest BCUT2D eigenvalue weighted by Gasteiger charge is -2.20. The summed E-state index contributed by atoms with van der Waals surface area (Å²) >= 11 is 2.80. The molecule has 4 saturated heterocycles. The van der Waals surface area contributed by atoms with Gasteiger partial charge in [0.25, 0.3) is 0 Å². The fourth-order valence-electron chi connectivity index (χ4n) is 7.24. The number of hydrogen-bond donors (Lipinski definition) is 0. The van der Waals surface area contributed by atoms with Crippen molar-refractivity contribution in [3.63, 3.8) is 0 Å². The zero-order valence-corrected chi connectivity index (χ0v) is 28.8. The van der Waals surface area contributed by atoms with Crippen LogP contribution >= 0.6 is 23.5 Å². The van der Waals surface area contributed by atoms with Crippen molar-refractivity contribution >= 4 is 47.4 Å². The van der Waals surface area contributed by atoms with E-state index in [1.54, 1.807) is 0 Å². The van der Waals surface area contributed by atoms with Gasteiger partial charge in [0, 0.05) is 28.1 Å². The Hall–Kier alpha value is -2.54. The molecule has 256 valence electrons. The van der Waals surface area contributed by atoms with E-state index in [1.165, 1.54) is 23.5 Å². The quantitative estimate of drug-likeness (QED) is 0.0582. The molecule has 0 aromatic carbocycles. The van der Waals surface area contributed by atoms with Crippen molar-refractivity contribution in [3.05, 3.63) is 47.6 Å². The highest BCUT2D eigenvalue weighted by molar-refractivity contribution is 8.16. The van der Waals surface area contributed by atoms with Crippen molar-refractivity contribution in [2.75, 3.05) is 29.8 Å². The molecule has 0 spiro atoms. The number of carbonyl (C=O) groups is 4. The number of esters is 4. The first-order valence-corrected chi connectivity index (χ1v) is 18.8. The van der Waals surface area contributed by atoms with E-state index in [0.717, 1.165) is 36.8 Å². The van der Waals surface area contributed by atoms with Crippen LogP contribution in [0, 0.1) is 11.8 Å². The number of allylic oxidation sites excluding steroid dienone is 2. The lowest BCUT2D eigenvalue weighted by Crippen LogP contribution is -2.29. The van der Waals surface area contributed by atoms with Gasteiger partial charge in [0.1, 0.15) is 37.6 Å². The first-order valence-electron chi connectivity index (χ1n) is 16.5. The molecule has 6 aliphatic rings. The predicted octanol–water partition coefficient (Wildman–Crippen LogP) is 5.01. The second-order valence-corrected chi connectivity index (χ2v) is 16.1. The van der Waals surface area contributed by atoms with Gasteiger partial charge in [-0.15, -0.1) is 23.5 Å². The zero-order chi connectivity index (χ0) is 33.3. The number of epoxide rings is 2. The van der Waals surface area contributed by atoms with Crippen LogP contribution in [-0.2, 0) is 47.6 Å². The summed E-state index contributed by atoms with van der Waals surface area (Å²) in [6.45, 7) is 12.4. The van der Waals surface area contributed by atoms with Gasteiger partial charge in [-0.2, -0.15) is 0 Å². The van der Waals surface area contributed by atoms with Crippen LogP contribution in [0.2, 0.25) is 0 Å². The van der Waals surface area contributed by atoms with Crippen LogP contribution in [0.4, 0.5) is 0 Å². The zero-order valence-electron chi connectivity index (χ0n) is 27.1. The fraction of sp³-hybridized carbons (Fsp3) is 0.657. The van der Waals surface area contributed by atoms with E-state index in [2.05, 4.69) is 25.3 Å². The standard InChI is InChI=1S/C35H44O10S2/c1-20-24-11-9-22(7-5-13-34(3)30(44-34)28(24)42-32(20)38)15-40-26(36)17-46-19-47-18-27(37)41-16-23-8-6-14-35(4)31(45-35)29-25(12-10-23)21(2)33(39)43-29/h7-8,24-25,28-31H,1-2,5-6,9-19H2,3-4H3/b22-7+,23-8+/t24-,25-,28-,29-,30-,31-,34+,35+/m0/s1. The van der Waals surface area contributed by atoms with E-state index in [0.29, 0.717) is 41.9 Å². The Bertz CT molecular complexity index is 1290. The van der Waals surface area contributed by atoms with Gasteiger partial charge in [-0.25, -0.2) is 9.59 Å². The Balaban J connectivity index is 0.870. The van der Waals surface area contributed by atoms with Gasteiger partial charge in [-0.05, 0) is 76.4 Å². The summed E-state index contributed by atoms with van der Waals surface area (Å²) in [6.07, 6.45) is 9.43. The van der Waals surface area contributed by atoms with Gasteiger partial charge < -0.3 is 28.4 Å². The molecule has 6 rings (SSSR count). The van der Waals surface area contributed by atoms with Crippen LogP contribution in [0.25, 0.3) is 0 Å². The largest absolute Gasteiger partial charge is 0.461 e. The van der Waals surface area contributed by atoms with Gasteiger partial charge in [0.15, 0.2) is 0 Å². The minimum absolute atomic E-state index is 0.0889. The third-order valence-corrected chi connectivity index (χ3v) is 12.5. The summed E-state index contributed by atoms with van der Waals surface area (Å²) in [5, 5.41) is 0.549. The molecule has 0 radical (unpaired) electrons. The number of ether oxygens (including phenoxy) is 6. The molecule has 4 aliphatic heterocycles. The second kappa shape index (κ2) is 14.1. The Morgan fingerprint density at radius 1 is 0.787 bits per heavy atom. The average molecular weight is 689 g/mol. The molecule has 0 bridgehead atoms. The molecule has 0 N–H and O–H groups in total. The lowest BCUT2D eigenvalue weighted by atomic mass is 9.84. The van der Waals surface area contributed by atoms with E-state index in [4.69, 9.17) is 28.4 Å². The van der Waals surface area contributed by atoms with Gasteiger partial charge in [0.2, 0.25) is 0 Å². The smallest absolute Gasteiger partial charge is 0.334 e. The van der Waals surface area contributed by atoms with Crippen molar-refractivity contribution in [2.45, 2.75) is 101 Å². The van der Waals surface area contributed by atoms with Crippen LogP contribution in [0.15, 0.2) is 47.6 Å². The number of carbonyl (C=O) groups excluding carboxylic acids is 4. The van der Waals surface area contributed by atoms with Crippen molar-refractivity contribution in [2.24, 2.45) is 11.8 Å². The summed E-state index contributed by atoms with van der Waals surface area (Å²) in [7, 11) is 0. The molecule has 2 aliphatic carbocycles. The summed E-state index contributed by atoms with van der Waals surface area (Å²) in [6, 6.07) is 0. The van der Waals surface area contributed by atoms with Crippen LogP contribution in [0.3, 0.4) is 0 Å². The number of thioether (sulfide) groups is 2. The first-order chi connectivity index (χ1) is 22.5. The Kier molecular flexibility index (Phi) is 10.3. The van der Waals surface area contributed by atoms with Crippen molar-refractivity contribution in [1.82, 2.24) is 0 Å². The highest BCUT2D eigenvalue weighted by Gasteiger charge is 2.62. The highest BCUT2D eigenvalue weighted by atomic mass is 32.2. The van der Waals surface area contributed by atoms with Gasteiger partial charge in [0.05, 0.1) is 22.7 Å². The van der Waals surface area contributed by atoms with E-state index in [-0.39, 0.29) is 96.1 Å². The molecule has 0 saturated carbocycles. The minimum Gasteiger partial charge on any atom is -0.461 e. The molecule has 8 atom stereocenters. The molecule has 4 heterocycles. The van der Waals surface area contributed by atoms with E-state index in [9.17, 15) is 19.2 Å². The number of hydrogen-bond acceptors (Lipinski definition) is 12. The van der Waals surface area contributed by atoms with Crippen molar-refractivity contribution in [1.29, 1.82) is 0 Å². The molecule has 47 heavy (non-hydrogen) atoms. The maximum Gasteiger partial charge on any atom is 0.334 e. The maximum absolute atomic E-state index is 12.5. The molecule has 0 unspecified atom stereocenters. The molecule has 0 aromatic rings. The van der Waals surface area contributed by atoms with Gasteiger partial charge in [-0.1, -0.05) is 25.3 Å². The molecule has 12 heteroatoms. The molecular weight excluding hydrogens is 645 g/mol. The third kappa shape index (κ3) is 7.86.